The van der Waals surface area contributed by atoms with E-state index in [9.17, 15) is 18.7 Å². The standard InChI is InChI=1S/C14H18F2O4/c1-4-11(12(17)19-3)14(2,18)9-6-5-7-10(8-9)20-13(15)16/h5-8,11,13,18H,4H2,1-3H3. The van der Waals surface area contributed by atoms with Gasteiger partial charge in [-0.2, -0.15) is 8.78 Å². The Bertz CT molecular complexity index is 460. The second kappa shape index (κ2) is 6.65. The number of benzene rings is 1. The van der Waals surface area contributed by atoms with Crippen LogP contribution in [0.2, 0.25) is 0 Å². The molecule has 112 valence electrons. The first-order valence-electron chi connectivity index (χ1n) is 6.18. The third-order valence-corrected chi connectivity index (χ3v) is 3.22. The number of hydrogen-bond donors (Lipinski definition) is 1. The Kier molecular flexibility index (Phi) is 5.44. The van der Waals surface area contributed by atoms with Crippen LogP contribution in [-0.2, 0) is 15.1 Å². The van der Waals surface area contributed by atoms with Crippen LogP contribution in [0.15, 0.2) is 24.3 Å². The molecule has 1 aromatic carbocycles. The van der Waals surface area contributed by atoms with E-state index in [0.29, 0.717) is 12.0 Å². The van der Waals surface area contributed by atoms with Gasteiger partial charge < -0.3 is 14.6 Å². The molecule has 0 heterocycles. The van der Waals surface area contributed by atoms with E-state index in [1.807, 2.05) is 0 Å². The molecule has 0 saturated carbocycles. The molecule has 0 aromatic heterocycles. The van der Waals surface area contributed by atoms with Crippen molar-refractivity contribution in [2.45, 2.75) is 32.5 Å². The van der Waals surface area contributed by atoms with Crippen molar-refractivity contribution in [3.05, 3.63) is 29.8 Å². The summed E-state index contributed by atoms with van der Waals surface area (Å²) in [5.41, 5.74) is -1.23. The van der Waals surface area contributed by atoms with Gasteiger partial charge in [-0.3, -0.25) is 4.79 Å². The average Bonchev–Trinajstić information content (AvgIpc) is 2.38. The first-order chi connectivity index (χ1) is 9.32. The molecule has 0 aliphatic carbocycles. The zero-order valence-electron chi connectivity index (χ0n) is 11.6. The van der Waals surface area contributed by atoms with Crippen molar-refractivity contribution in [1.29, 1.82) is 0 Å². The zero-order valence-corrected chi connectivity index (χ0v) is 11.6. The number of carbonyl (C=O) groups excluding carboxylic acids is 1. The summed E-state index contributed by atoms with van der Waals surface area (Å²) in [5, 5.41) is 10.6. The lowest BCUT2D eigenvalue weighted by Crippen LogP contribution is -2.37. The Balaban J connectivity index is 3.10. The van der Waals surface area contributed by atoms with Crippen LogP contribution in [0, 0.1) is 5.92 Å². The van der Waals surface area contributed by atoms with Crippen LogP contribution in [0.25, 0.3) is 0 Å². The molecule has 1 N–H and O–H groups in total. The fourth-order valence-electron chi connectivity index (χ4n) is 2.12. The van der Waals surface area contributed by atoms with Crippen molar-refractivity contribution in [1.82, 2.24) is 0 Å². The number of methoxy groups -OCH3 is 1. The number of ether oxygens (including phenoxy) is 2. The predicted octanol–water partition coefficient (Wildman–Crippen LogP) is 2.69. The smallest absolute Gasteiger partial charge is 0.387 e. The molecule has 1 rings (SSSR count). The van der Waals surface area contributed by atoms with E-state index in [1.165, 1.54) is 32.2 Å². The van der Waals surface area contributed by atoms with Gasteiger partial charge in [0.05, 0.1) is 13.0 Å². The average molecular weight is 288 g/mol. The predicted molar refractivity (Wildman–Crippen MR) is 68.4 cm³/mol. The van der Waals surface area contributed by atoms with Crippen LogP contribution in [-0.4, -0.2) is 24.8 Å². The van der Waals surface area contributed by atoms with Crippen molar-refractivity contribution >= 4 is 5.97 Å². The van der Waals surface area contributed by atoms with Crippen LogP contribution in [0.5, 0.6) is 5.75 Å². The van der Waals surface area contributed by atoms with Gasteiger partial charge in [-0.15, -0.1) is 0 Å². The number of alkyl halides is 2. The van der Waals surface area contributed by atoms with E-state index in [-0.39, 0.29) is 5.75 Å². The Morgan fingerprint density at radius 2 is 2.10 bits per heavy atom. The molecule has 0 aliphatic heterocycles. The van der Waals surface area contributed by atoms with Crippen LogP contribution in [0.4, 0.5) is 8.78 Å². The highest BCUT2D eigenvalue weighted by molar-refractivity contribution is 5.74. The van der Waals surface area contributed by atoms with Gasteiger partial charge in [-0.05, 0) is 31.0 Å². The lowest BCUT2D eigenvalue weighted by atomic mass is 9.81. The summed E-state index contributed by atoms with van der Waals surface area (Å²) in [6.45, 7) is 0.229. The fourth-order valence-corrected chi connectivity index (χ4v) is 2.12. The molecule has 2 atom stereocenters. The van der Waals surface area contributed by atoms with E-state index in [4.69, 9.17) is 0 Å². The minimum Gasteiger partial charge on any atom is -0.469 e. The molecule has 0 bridgehead atoms. The van der Waals surface area contributed by atoms with Gasteiger partial charge >= 0.3 is 12.6 Å². The summed E-state index contributed by atoms with van der Waals surface area (Å²) in [6.07, 6.45) is 0.347. The first kappa shape index (κ1) is 16.4. The van der Waals surface area contributed by atoms with Crippen molar-refractivity contribution in [2.75, 3.05) is 7.11 Å². The number of carbonyl (C=O) groups is 1. The van der Waals surface area contributed by atoms with Gasteiger partial charge in [-0.25, -0.2) is 0 Å². The van der Waals surface area contributed by atoms with Gasteiger partial charge in [0.2, 0.25) is 0 Å². The van der Waals surface area contributed by atoms with Crippen LogP contribution < -0.4 is 4.74 Å². The van der Waals surface area contributed by atoms with Crippen molar-refractivity contribution in [2.24, 2.45) is 5.92 Å². The highest BCUT2D eigenvalue weighted by atomic mass is 19.3. The number of aliphatic hydroxyl groups is 1. The maximum Gasteiger partial charge on any atom is 0.387 e. The molecule has 2 unspecified atom stereocenters. The second-order valence-electron chi connectivity index (χ2n) is 4.54. The fraction of sp³-hybridized carbons (Fsp3) is 0.500. The number of rotatable bonds is 6. The molecule has 20 heavy (non-hydrogen) atoms. The molecule has 0 aliphatic rings. The highest BCUT2D eigenvalue weighted by Crippen LogP contribution is 2.34. The van der Waals surface area contributed by atoms with Crippen LogP contribution >= 0.6 is 0 Å². The summed E-state index contributed by atoms with van der Waals surface area (Å²) in [5.74, 6) is -1.43. The normalized spacial score (nSPS) is 15.6. The monoisotopic (exact) mass is 288 g/mol. The van der Waals surface area contributed by atoms with E-state index in [0.717, 1.165) is 0 Å². The van der Waals surface area contributed by atoms with Gasteiger partial charge in [0.1, 0.15) is 11.4 Å². The SMILES string of the molecule is CCC(C(=O)OC)C(C)(O)c1cccc(OC(F)F)c1. The Morgan fingerprint density at radius 1 is 1.45 bits per heavy atom. The van der Waals surface area contributed by atoms with Crippen molar-refractivity contribution in [3.63, 3.8) is 0 Å². The van der Waals surface area contributed by atoms with Gasteiger partial charge in [-0.1, -0.05) is 19.1 Å². The van der Waals surface area contributed by atoms with Gasteiger partial charge in [0, 0.05) is 0 Å². The minimum absolute atomic E-state index is 0.0718. The maximum atomic E-state index is 12.2. The summed E-state index contributed by atoms with van der Waals surface area (Å²) in [7, 11) is 1.23. The summed E-state index contributed by atoms with van der Waals surface area (Å²) < 4.78 is 33.3. The third kappa shape index (κ3) is 3.66. The molecule has 0 amide bonds. The Labute approximate surface area is 116 Å². The molecule has 4 nitrogen and oxygen atoms in total. The summed E-state index contributed by atoms with van der Waals surface area (Å²) in [4.78, 5) is 11.7. The second-order valence-corrected chi connectivity index (χ2v) is 4.54. The number of halogens is 2. The third-order valence-electron chi connectivity index (χ3n) is 3.22. The quantitative estimate of drug-likeness (QED) is 0.818. The van der Waals surface area contributed by atoms with Crippen LogP contribution in [0.1, 0.15) is 25.8 Å². The number of hydrogen-bond acceptors (Lipinski definition) is 4. The zero-order chi connectivity index (χ0) is 15.3. The lowest BCUT2D eigenvalue weighted by Gasteiger charge is -2.31. The minimum atomic E-state index is -2.95. The topological polar surface area (TPSA) is 55.8 Å². The molecular weight excluding hydrogens is 270 g/mol. The molecule has 6 heteroatoms. The first-order valence-corrected chi connectivity index (χ1v) is 6.18. The van der Waals surface area contributed by atoms with Gasteiger partial charge in [0.25, 0.3) is 0 Å². The van der Waals surface area contributed by atoms with E-state index >= 15 is 0 Å². The molecule has 0 radical (unpaired) electrons. The van der Waals surface area contributed by atoms with E-state index < -0.39 is 24.1 Å². The largest absolute Gasteiger partial charge is 0.469 e. The summed E-state index contributed by atoms with van der Waals surface area (Å²) in [6, 6.07) is 5.66. The molecule has 0 fully saturated rings. The van der Waals surface area contributed by atoms with Crippen molar-refractivity contribution in [3.8, 4) is 5.75 Å². The maximum absolute atomic E-state index is 12.2. The lowest BCUT2D eigenvalue weighted by molar-refractivity contribution is -0.155. The Morgan fingerprint density at radius 3 is 2.60 bits per heavy atom. The highest BCUT2D eigenvalue weighted by Gasteiger charge is 2.38. The van der Waals surface area contributed by atoms with Gasteiger partial charge in [0.15, 0.2) is 0 Å². The summed E-state index contributed by atoms with van der Waals surface area (Å²) >= 11 is 0. The van der Waals surface area contributed by atoms with Crippen molar-refractivity contribution < 1.29 is 28.2 Å². The van der Waals surface area contributed by atoms with Crippen LogP contribution in [0.3, 0.4) is 0 Å². The molecule has 1 aromatic rings. The number of esters is 1. The molecular formula is C14H18F2O4. The van der Waals surface area contributed by atoms with E-state index in [2.05, 4.69) is 9.47 Å². The molecule has 0 spiro atoms. The van der Waals surface area contributed by atoms with E-state index in [1.54, 1.807) is 13.0 Å². The Hall–Kier alpha value is -1.69. The molecule has 0 saturated heterocycles.